The number of anilines is 1. The van der Waals surface area contributed by atoms with Crippen molar-refractivity contribution < 1.29 is 19.1 Å². The van der Waals surface area contributed by atoms with Crippen LogP contribution < -0.4 is 10.2 Å². The van der Waals surface area contributed by atoms with E-state index in [4.69, 9.17) is 21.1 Å². The highest BCUT2D eigenvalue weighted by molar-refractivity contribution is 7.18. The predicted octanol–water partition coefficient (Wildman–Crippen LogP) is 2.81. The third-order valence-corrected chi connectivity index (χ3v) is 6.65. The summed E-state index contributed by atoms with van der Waals surface area (Å²) in [6, 6.07) is 1.83. The number of halogens is 1. The Labute approximate surface area is 178 Å². The molecule has 1 saturated heterocycles. The van der Waals surface area contributed by atoms with Crippen LogP contribution in [0.4, 0.5) is 5.00 Å². The Morgan fingerprint density at radius 3 is 2.83 bits per heavy atom. The molecule has 1 amide bonds. The van der Waals surface area contributed by atoms with Crippen molar-refractivity contribution in [1.29, 1.82) is 0 Å². The molecule has 2 aromatic rings. The molecule has 0 bridgehead atoms. The molecule has 10 heteroatoms. The second kappa shape index (κ2) is 9.15. The maximum Gasteiger partial charge on any atom is 0.348 e. The molecule has 1 fully saturated rings. The molecule has 8 nitrogen and oxygen atoms in total. The number of nitrogens with one attached hydrogen (secondary N) is 2. The number of H-pyrrole nitrogens is 1. The van der Waals surface area contributed by atoms with Gasteiger partial charge in [0.15, 0.2) is 11.0 Å². The number of rotatable bonds is 6. The van der Waals surface area contributed by atoms with Crippen LogP contribution in [0.25, 0.3) is 0 Å². The average Bonchev–Trinajstić information content (AvgIpc) is 3.30. The number of aryl methyl sites for hydroxylation is 2. The Hall–Kier alpha value is -2.10. The largest absolute Gasteiger partial charge is 0.465 e. The van der Waals surface area contributed by atoms with E-state index in [9.17, 15) is 9.59 Å². The van der Waals surface area contributed by atoms with Gasteiger partial charge in [-0.15, -0.1) is 11.3 Å². The number of aromatic amines is 1. The number of carbonyl (C=O) groups is 2. The van der Waals surface area contributed by atoms with Crippen molar-refractivity contribution in [1.82, 2.24) is 15.3 Å². The normalized spacial score (nSPS) is 19.3. The van der Waals surface area contributed by atoms with Gasteiger partial charge in [-0.05, 0) is 31.4 Å². The lowest BCUT2D eigenvalue weighted by molar-refractivity contribution is 0.0539. The smallest absolute Gasteiger partial charge is 0.348 e. The number of thiophene rings is 1. The van der Waals surface area contributed by atoms with Crippen molar-refractivity contribution in [2.75, 3.05) is 32.2 Å². The van der Waals surface area contributed by atoms with Gasteiger partial charge in [-0.25, -0.2) is 9.78 Å². The van der Waals surface area contributed by atoms with Crippen LogP contribution in [0.5, 0.6) is 0 Å². The highest BCUT2D eigenvalue weighted by atomic mass is 35.5. The number of ether oxygens (including phenoxy) is 2. The van der Waals surface area contributed by atoms with Crippen LogP contribution in [-0.4, -0.2) is 61.3 Å². The van der Waals surface area contributed by atoms with Crippen molar-refractivity contribution in [3.8, 4) is 0 Å². The Morgan fingerprint density at radius 2 is 2.21 bits per heavy atom. The molecule has 1 aliphatic heterocycles. The van der Waals surface area contributed by atoms with Crippen molar-refractivity contribution >= 4 is 39.8 Å². The van der Waals surface area contributed by atoms with Crippen LogP contribution >= 0.6 is 22.9 Å². The molecule has 1 aliphatic rings. The fourth-order valence-electron chi connectivity index (χ4n) is 3.40. The van der Waals surface area contributed by atoms with E-state index < -0.39 is 0 Å². The van der Waals surface area contributed by atoms with Crippen molar-refractivity contribution in [2.24, 2.45) is 0 Å². The summed E-state index contributed by atoms with van der Waals surface area (Å²) >= 11 is 7.45. The number of nitrogens with zero attached hydrogens (tertiary/aromatic N) is 2. The molecular weight excluding hydrogens is 416 g/mol. The molecule has 0 unspecified atom stereocenters. The number of methoxy groups -OCH3 is 2. The van der Waals surface area contributed by atoms with Crippen molar-refractivity contribution in [3.05, 3.63) is 33.2 Å². The van der Waals surface area contributed by atoms with E-state index in [2.05, 4.69) is 20.2 Å². The van der Waals surface area contributed by atoms with Gasteiger partial charge in [0.2, 0.25) is 0 Å². The SMILES string of the molecule is CCc1[nH]c(C(=O)N[C@H]2CCN(c3cc(C)c(C(=O)OC)s3)C[C@H]2OC)nc1Cl. The second-order valence-electron chi connectivity index (χ2n) is 6.89. The first-order valence-corrected chi connectivity index (χ1v) is 10.6. The third kappa shape index (κ3) is 4.57. The van der Waals surface area contributed by atoms with Gasteiger partial charge in [0.25, 0.3) is 5.91 Å². The van der Waals surface area contributed by atoms with Gasteiger partial charge in [-0.1, -0.05) is 18.5 Å². The molecule has 0 radical (unpaired) electrons. The Bertz CT molecular complexity index is 897. The third-order valence-electron chi connectivity index (χ3n) is 5.06. The van der Waals surface area contributed by atoms with Crippen LogP contribution in [0.15, 0.2) is 6.07 Å². The summed E-state index contributed by atoms with van der Waals surface area (Å²) in [4.78, 5) is 34.3. The van der Waals surface area contributed by atoms with Gasteiger partial charge < -0.3 is 24.7 Å². The molecule has 0 aliphatic carbocycles. The molecular formula is C19H25ClN4O4S. The Morgan fingerprint density at radius 1 is 1.45 bits per heavy atom. The molecule has 3 heterocycles. The number of amides is 1. The maximum absolute atomic E-state index is 12.6. The van der Waals surface area contributed by atoms with E-state index in [0.29, 0.717) is 29.4 Å². The maximum atomic E-state index is 12.6. The van der Waals surface area contributed by atoms with Gasteiger partial charge in [-0.2, -0.15) is 0 Å². The first-order chi connectivity index (χ1) is 13.9. The van der Waals surface area contributed by atoms with Gasteiger partial charge >= 0.3 is 5.97 Å². The van der Waals surface area contributed by atoms with E-state index >= 15 is 0 Å². The number of aromatic nitrogens is 2. The first-order valence-electron chi connectivity index (χ1n) is 9.39. The molecule has 2 N–H and O–H groups in total. The quantitative estimate of drug-likeness (QED) is 0.670. The summed E-state index contributed by atoms with van der Waals surface area (Å²) in [5.41, 5.74) is 1.63. The molecule has 2 aromatic heterocycles. The number of hydrogen-bond acceptors (Lipinski definition) is 7. The number of piperidine rings is 1. The molecule has 29 heavy (non-hydrogen) atoms. The van der Waals surface area contributed by atoms with E-state index in [0.717, 1.165) is 22.8 Å². The van der Waals surface area contributed by atoms with Gasteiger partial charge in [0.1, 0.15) is 4.88 Å². The minimum absolute atomic E-state index is 0.154. The first kappa shape index (κ1) is 21.6. The van der Waals surface area contributed by atoms with Crippen molar-refractivity contribution in [3.63, 3.8) is 0 Å². The van der Waals surface area contributed by atoms with Crippen LogP contribution in [0, 0.1) is 6.92 Å². The van der Waals surface area contributed by atoms with Crippen molar-refractivity contribution in [2.45, 2.75) is 38.8 Å². The van der Waals surface area contributed by atoms with Crippen LogP contribution in [-0.2, 0) is 15.9 Å². The minimum atomic E-state index is -0.326. The molecule has 158 valence electrons. The summed E-state index contributed by atoms with van der Waals surface area (Å²) < 4.78 is 10.5. The minimum Gasteiger partial charge on any atom is -0.465 e. The zero-order chi connectivity index (χ0) is 21.1. The monoisotopic (exact) mass is 440 g/mol. The molecule has 0 saturated carbocycles. The van der Waals surface area contributed by atoms with Crippen LogP contribution in [0.2, 0.25) is 5.15 Å². The van der Waals surface area contributed by atoms with E-state index in [-0.39, 0.29) is 29.8 Å². The molecule has 0 aromatic carbocycles. The average molecular weight is 441 g/mol. The predicted molar refractivity (Wildman–Crippen MR) is 112 cm³/mol. The molecule has 3 rings (SSSR count). The van der Waals surface area contributed by atoms with E-state index in [1.165, 1.54) is 18.4 Å². The van der Waals surface area contributed by atoms with Gasteiger partial charge in [0, 0.05) is 20.2 Å². The Kier molecular flexibility index (Phi) is 6.81. The standard InChI is InChI=1S/C19H25ClN4O4S/c1-5-11-16(20)23-17(21-11)18(25)22-12-6-7-24(9-13(12)27-3)14-8-10(2)15(29-14)19(26)28-4/h8,12-13H,5-7,9H2,1-4H3,(H,21,23)(H,22,25)/t12-,13+/m0/s1. The lowest BCUT2D eigenvalue weighted by Crippen LogP contribution is -2.55. The highest BCUT2D eigenvalue weighted by Gasteiger charge is 2.32. The number of esters is 1. The van der Waals surface area contributed by atoms with Crippen LogP contribution in [0.1, 0.15) is 44.9 Å². The Balaban J connectivity index is 1.68. The fraction of sp³-hybridized carbons (Fsp3) is 0.526. The van der Waals surface area contributed by atoms with E-state index in [1.54, 1.807) is 7.11 Å². The zero-order valence-corrected chi connectivity index (χ0v) is 18.4. The summed E-state index contributed by atoms with van der Waals surface area (Å²) in [5, 5.41) is 4.31. The molecule has 2 atom stereocenters. The summed E-state index contributed by atoms with van der Waals surface area (Å²) in [5.74, 6) is -0.416. The topological polar surface area (TPSA) is 96.6 Å². The summed E-state index contributed by atoms with van der Waals surface area (Å²) in [7, 11) is 3.01. The van der Waals surface area contributed by atoms with Gasteiger partial charge in [-0.3, -0.25) is 4.79 Å². The number of imidazole rings is 1. The summed E-state index contributed by atoms with van der Waals surface area (Å²) in [6.07, 6.45) is 1.17. The van der Waals surface area contributed by atoms with Crippen LogP contribution in [0.3, 0.4) is 0 Å². The zero-order valence-electron chi connectivity index (χ0n) is 16.9. The highest BCUT2D eigenvalue weighted by Crippen LogP contribution is 2.32. The second-order valence-corrected chi connectivity index (χ2v) is 8.27. The number of carbonyl (C=O) groups excluding carboxylic acids is 2. The van der Waals surface area contributed by atoms with Gasteiger partial charge in [0.05, 0.1) is 30.0 Å². The van der Waals surface area contributed by atoms with E-state index in [1.807, 2.05) is 19.9 Å². The molecule has 0 spiro atoms. The fourth-order valence-corrected chi connectivity index (χ4v) is 4.80. The lowest BCUT2D eigenvalue weighted by atomic mass is 10.0. The lowest BCUT2D eigenvalue weighted by Gasteiger charge is -2.38. The summed E-state index contributed by atoms with van der Waals surface area (Å²) in [6.45, 7) is 5.16. The number of hydrogen-bond donors (Lipinski definition) is 2.